The number of halogens is 6. The van der Waals surface area contributed by atoms with Crippen molar-refractivity contribution in [3.8, 4) is 22.4 Å². The van der Waals surface area contributed by atoms with Gasteiger partial charge >= 0.3 is 12.4 Å². The Kier molecular flexibility index (Phi) is 4.91. The molecular formula is C21H13F6N5. The standard InChI is InChI=1S/C21H13F6N5/c22-20(23,24)12-5-3-10(4-6-12)13-8-11(9-15-16(13)18(28)32-19(29)31-15)17-14(21(25,26)27)2-1-7-30-17/h1-9H,(H4,28,29,31,32). The normalized spacial score (nSPS) is 12.3. The molecule has 4 N–H and O–H groups in total. The fourth-order valence-electron chi connectivity index (χ4n) is 3.38. The molecule has 0 bridgehead atoms. The van der Waals surface area contributed by atoms with Crippen molar-refractivity contribution >= 4 is 22.7 Å². The summed E-state index contributed by atoms with van der Waals surface area (Å²) in [6, 6.07) is 8.84. The number of nitrogens with zero attached hydrogens (tertiary/aromatic N) is 3. The van der Waals surface area contributed by atoms with Crippen LogP contribution < -0.4 is 11.5 Å². The molecule has 0 aliphatic rings. The van der Waals surface area contributed by atoms with E-state index >= 15 is 0 Å². The van der Waals surface area contributed by atoms with Gasteiger partial charge in [0.2, 0.25) is 5.95 Å². The number of rotatable bonds is 2. The van der Waals surface area contributed by atoms with Gasteiger partial charge in [0.25, 0.3) is 0 Å². The Labute approximate surface area is 176 Å². The molecule has 0 amide bonds. The number of hydrogen-bond acceptors (Lipinski definition) is 5. The van der Waals surface area contributed by atoms with Gasteiger partial charge in [-0.1, -0.05) is 12.1 Å². The Morgan fingerprint density at radius 3 is 2.06 bits per heavy atom. The number of anilines is 2. The van der Waals surface area contributed by atoms with Crippen molar-refractivity contribution in [3.63, 3.8) is 0 Å². The SMILES string of the molecule is Nc1nc(N)c2c(-c3ccc(C(F)(F)F)cc3)cc(-c3ncccc3C(F)(F)F)cc2n1. The molecule has 0 spiro atoms. The number of nitrogen functional groups attached to an aromatic ring is 2. The average molecular weight is 449 g/mol. The lowest BCUT2D eigenvalue weighted by Crippen LogP contribution is -2.08. The molecule has 0 aliphatic carbocycles. The summed E-state index contributed by atoms with van der Waals surface area (Å²) in [7, 11) is 0. The maximum Gasteiger partial charge on any atom is 0.418 e. The molecule has 0 fully saturated rings. The summed E-state index contributed by atoms with van der Waals surface area (Å²) < 4.78 is 79.5. The third-order valence-corrected chi connectivity index (χ3v) is 4.75. The summed E-state index contributed by atoms with van der Waals surface area (Å²) in [6.07, 6.45) is -8.03. The van der Waals surface area contributed by atoms with E-state index in [1.165, 1.54) is 30.5 Å². The zero-order valence-electron chi connectivity index (χ0n) is 16.0. The average Bonchev–Trinajstić information content (AvgIpc) is 2.71. The number of alkyl halides is 6. The Hall–Kier alpha value is -3.89. The second-order valence-corrected chi connectivity index (χ2v) is 6.86. The molecule has 0 atom stereocenters. The van der Waals surface area contributed by atoms with Crippen LogP contribution in [0.4, 0.5) is 38.1 Å². The highest BCUT2D eigenvalue weighted by molar-refractivity contribution is 6.04. The van der Waals surface area contributed by atoms with Crippen LogP contribution in [0.15, 0.2) is 54.7 Å². The number of fused-ring (bicyclic) bond motifs is 1. The van der Waals surface area contributed by atoms with E-state index in [9.17, 15) is 26.3 Å². The molecule has 11 heteroatoms. The first-order valence-corrected chi connectivity index (χ1v) is 9.02. The van der Waals surface area contributed by atoms with E-state index in [2.05, 4.69) is 15.0 Å². The topological polar surface area (TPSA) is 90.7 Å². The Balaban J connectivity index is 2.02. The molecule has 0 saturated carbocycles. The molecule has 0 radical (unpaired) electrons. The highest BCUT2D eigenvalue weighted by atomic mass is 19.4. The van der Waals surface area contributed by atoms with Gasteiger partial charge in [0.05, 0.1) is 27.7 Å². The Morgan fingerprint density at radius 1 is 0.750 bits per heavy atom. The van der Waals surface area contributed by atoms with Crippen LogP contribution in [0.3, 0.4) is 0 Å². The smallest absolute Gasteiger partial charge is 0.383 e. The minimum Gasteiger partial charge on any atom is -0.383 e. The van der Waals surface area contributed by atoms with Gasteiger partial charge in [-0.15, -0.1) is 0 Å². The molecule has 2 aromatic heterocycles. The van der Waals surface area contributed by atoms with Crippen LogP contribution >= 0.6 is 0 Å². The summed E-state index contributed by atoms with van der Waals surface area (Å²) in [6.45, 7) is 0. The van der Waals surface area contributed by atoms with Crippen LogP contribution in [0, 0.1) is 0 Å². The van der Waals surface area contributed by atoms with E-state index in [0.717, 1.165) is 24.3 Å². The first-order valence-electron chi connectivity index (χ1n) is 9.02. The molecule has 2 heterocycles. The molecule has 0 aliphatic heterocycles. The predicted molar refractivity (Wildman–Crippen MR) is 107 cm³/mol. The zero-order valence-corrected chi connectivity index (χ0v) is 16.0. The number of nitrogens with two attached hydrogens (primary N) is 2. The quantitative estimate of drug-likeness (QED) is 0.391. The molecule has 2 aromatic carbocycles. The van der Waals surface area contributed by atoms with Crippen LogP contribution in [0.1, 0.15) is 11.1 Å². The molecule has 32 heavy (non-hydrogen) atoms. The lowest BCUT2D eigenvalue weighted by Gasteiger charge is -2.15. The molecule has 4 aromatic rings. The van der Waals surface area contributed by atoms with Crippen molar-refractivity contribution in [1.29, 1.82) is 0 Å². The summed E-state index contributed by atoms with van der Waals surface area (Å²) in [5.41, 5.74) is 10.1. The largest absolute Gasteiger partial charge is 0.418 e. The molecule has 0 unspecified atom stereocenters. The van der Waals surface area contributed by atoms with E-state index in [1.807, 2.05) is 0 Å². The second-order valence-electron chi connectivity index (χ2n) is 6.86. The molecule has 4 rings (SSSR count). The zero-order chi connectivity index (χ0) is 23.3. The first-order chi connectivity index (χ1) is 14.9. The predicted octanol–water partition coefficient (Wildman–Crippen LogP) is 5.56. The number of pyridine rings is 1. The van der Waals surface area contributed by atoms with Crippen LogP contribution in [0.2, 0.25) is 0 Å². The van der Waals surface area contributed by atoms with Crippen LogP contribution in [0.25, 0.3) is 33.3 Å². The maximum absolute atomic E-state index is 13.5. The monoisotopic (exact) mass is 449 g/mol. The third-order valence-electron chi connectivity index (χ3n) is 4.75. The van der Waals surface area contributed by atoms with E-state index in [4.69, 9.17) is 11.5 Å². The van der Waals surface area contributed by atoms with E-state index in [1.54, 1.807) is 0 Å². The van der Waals surface area contributed by atoms with Crippen molar-refractivity contribution in [2.75, 3.05) is 11.5 Å². The number of benzene rings is 2. The molecule has 164 valence electrons. The van der Waals surface area contributed by atoms with Gasteiger partial charge in [0.15, 0.2) is 0 Å². The van der Waals surface area contributed by atoms with Gasteiger partial charge in [-0.05, 0) is 47.5 Å². The highest BCUT2D eigenvalue weighted by Gasteiger charge is 2.34. The maximum atomic E-state index is 13.5. The lowest BCUT2D eigenvalue weighted by atomic mass is 9.94. The number of hydrogen-bond donors (Lipinski definition) is 2. The fraction of sp³-hybridized carbons (Fsp3) is 0.0952. The Morgan fingerprint density at radius 2 is 1.44 bits per heavy atom. The van der Waals surface area contributed by atoms with Crippen LogP contribution in [-0.2, 0) is 12.4 Å². The van der Waals surface area contributed by atoms with Crippen LogP contribution in [-0.4, -0.2) is 15.0 Å². The molecular weight excluding hydrogens is 436 g/mol. The summed E-state index contributed by atoms with van der Waals surface area (Å²) in [4.78, 5) is 11.8. The summed E-state index contributed by atoms with van der Waals surface area (Å²) in [5.74, 6) is -0.270. The van der Waals surface area contributed by atoms with Gasteiger partial charge in [0, 0.05) is 11.8 Å². The lowest BCUT2D eigenvalue weighted by molar-refractivity contribution is -0.138. The minimum absolute atomic E-state index is 0.0397. The van der Waals surface area contributed by atoms with Crippen molar-refractivity contribution in [2.45, 2.75) is 12.4 Å². The van der Waals surface area contributed by atoms with E-state index < -0.39 is 23.5 Å². The number of aromatic nitrogens is 3. The third kappa shape index (κ3) is 3.88. The van der Waals surface area contributed by atoms with Crippen molar-refractivity contribution in [1.82, 2.24) is 15.0 Å². The summed E-state index contributed by atoms with van der Waals surface area (Å²) >= 11 is 0. The molecule has 0 saturated heterocycles. The van der Waals surface area contributed by atoms with E-state index in [-0.39, 0.29) is 45.1 Å². The van der Waals surface area contributed by atoms with Gasteiger partial charge in [0.1, 0.15) is 5.82 Å². The van der Waals surface area contributed by atoms with Crippen LogP contribution in [0.5, 0.6) is 0 Å². The summed E-state index contributed by atoms with van der Waals surface area (Å²) in [5, 5.41) is 0.243. The Bertz CT molecular complexity index is 1310. The second kappa shape index (κ2) is 7.36. The van der Waals surface area contributed by atoms with Gasteiger partial charge in [-0.3, -0.25) is 4.98 Å². The van der Waals surface area contributed by atoms with Crippen molar-refractivity contribution in [2.24, 2.45) is 0 Å². The fourth-order valence-corrected chi connectivity index (χ4v) is 3.38. The highest BCUT2D eigenvalue weighted by Crippen LogP contribution is 2.40. The van der Waals surface area contributed by atoms with E-state index in [0.29, 0.717) is 0 Å². The first kappa shape index (κ1) is 21.3. The van der Waals surface area contributed by atoms with Crippen molar-refractivity contribution in [3.05, 3.63) is 65.9 Å². The minimum atomic E-state index is -4.68. The van der Waals surface area contributed by atoms with Gasteiger partial charge < -0.3 is 11.5 Å². The molecule has 5 nitrogen and oxygen atoms in total. The van der Waals surface area contributed by atoms with Gasteiger partial charge in [-0.2, -0.15) is 31.3 Å². The van der Waals surface area contributed by atoms with Gasteiger partial charge in [-0.25, -0.2) is 4.98 Å². The van der Waals surface area contributed by atoms with Crippen molar-refractivity contribution < 1.29 is 26.3 Å².